The molecule has 6 heteroatoms. The zero-order valence-electron chi connectivity index (χ0n) is 15.8. The minimum absolute atomic E-state index is 0.0251. The van der Waals surface area contributed by atoms with E-state index in [0.29, 0.717) is 11.3 Å². The summed E-state index contributed by atoms with van der Waals surface area (Å²) in [5, 5.41) is 5.98. The predicted molar refractivity (Wildman–Crippen MR) is 113 cm³/mol. The molecule has 2 amide bonds. The van der Waals surface area contributed by atoms with Gasteiger partial charge >= 0.3 is 0 Å². The molecule has 1 aliphatic rings. The maximum absolute atomic E-state index is 13.3. The normalized spacial score (nSPS) is 15.9. The Morgan fingerprint density at radius 3 is 2.61 bits per heavy atom. The van der Waals surface area contributed by atoms with E-state index in [2.05, 4.69) is 16.4 Å². The van der Waals surface area contributed by atoms with E-state index < -0.39 is 6.04 Å². The molecule has 1 saturated heterocycles. The molecule has 3 aromatic rings. The molecule has 3 heterocycles. The Labute approximate surface area is 168 Å². The molecule has 146 valence electrons. The van der Waals surface area contributed by atoms with Gasteiger partial charge in [0.1, 0.15) is 6.04 Å². The number of fused-ring (bicyclic) bond motifs is 1. The maximum atomic E-state index is 13.3. The lowest BCUT2D eigenvalue weighted by molar-refractivity contribution is -0.133. The van der Waals surface area contributed by atoms with E-state index in [0.717, 1.165) is 42.4 Å². The quantitative estimate of drug-likeness (QED) is 0.686. The van der Waals surface area contributed by atoms with Crippen LogP contribution in [0.3, 0.4) is 0 Å². The fraction of sp³-hybridized carbons (Fsp3) is 0.364. The number of carbonyl (C=O) groups excluding carboxylic acids is 2. The first-order chi connectivity index (χ1) is 13.7. The number of aromatic nitrogens is 1. The molecule has 0 bridgehead atoms. The number of rotatable bonds is 5. The third kappa shape index (κ3) is 4.12. The summed E-state index contributed by atoms with van der Waals surface area (Å²) in [6, 6.07) is 11.1. The number of likely N-dealkylation sites (tertiary alicyclic amines) is 1. The van der Waals surface area contributed by atoms with Gasteiger partial charge in [-0.05, 0) is 35.9 Å². The number of para-hydroxylation sites is 1. The van der Waals surface area contributed by atoms with Gasteiger partial charge in [0.05, 0.1) is 4.88 Å². The van der Waals surface area contributed by atoms with Crippen LogP contribution >= 0.6 is 11.3 Å². The molecule has 1 aromatic carbocycles. The summed E-state index contributed by atoms with van der Waals surface area (Å²) in [4.78, 5) is 31.8. The summed E-state index contributed by atoms with van der Waals surface area (Å²) in [7, 11) is 0. The maximum Gasteiger partial charge on any atom is 0.262 e. The van der Waals surface area contributed by atoms with Crippen molar-refractivity contribution in [3.63, 3.8) is 0 Å². The van der Waals surface area contributed by atoms with Gasteiger partial charge in [-0.15, -0.1) is 11.3 Å². The van der Waals surface area contributed by atoms with Crippen molar-refractivity contribution in [2.45, 2.75) is 38.1 Å². The van der Waals surface area contributed by atoms with Gasteiger partial charge < -0.3 is 15.2 Å². The number of aromatic amines is 1. The number of nitrogens with zero attached hydrogens (tertiary/aromatic N) is 1. The van der Waals surface area contributed by atoms with Gasteiger partial charge in [-0.2, -0.15) is 0 Å². The zero-order chi connectivity index (χ0) is 19.3. The fourth-order valence-corrected chi connectivity index (χ4v) is 4.50. The van der Waals surface area contributed by atoms with Crippen LogP contribution in [0, 0.1) is 0 Å². The largest absolute Gasteiger partial charge is 0.361 e. The average Bonchev–Trinajstić information content (AvgIpc) is 3.31. The van der Waals surface area contributed by atoms with Gasteiger partial charge in [-0.25, -0.2) is 0 Å². The summed E-state index contributed by atoms with van der Waals surface area (Å²) < 4.78 is 0. The summed E-state index contributed by atoms with van der Waals surface area (Å²) in [5.41, 5.74) is 2.10. The number of H-pyrrole nitrogens is 1. The Bertz CT molecular complexity index is 940. The summed E-state index contributed by atoms with van der Waals surface area (Å²) in [5.74, 6) is -0.153. The van der Waals surface area contributed by atoms with E-state index in [-0.39, 0.29) is 11.8 Å². The van der Waals surface area contributed by atoms with Gasteiger partial charge in [0.2, 0.25) is 5.91 Å². The van der Waals surface area contributed by atoms with E-state index in [1.165, 1.54) is 24.2 Å². The van der Waals surface area contributed by atoms with Crippen LogP contribution in [-0.4, -0.2) is 40.8 Å². The Morgan fingerprint density at radius 1 is 1.07 bits per heavy atom. The molecule has 0 aliphatic carbocycles. The predicted octanol–water partition coefficient (Wildman–Crippen LogP) is 3.97. The molecular weight excluding hydrogens is 370 g/mol. The van der Waals surface area contributed by atoms with Crippen molar-refractivity contribution in [2.24, 2.45) is 0 Å². The second-order valence-corrected chi connectivity index (χ2v) is 8.25. The molecule has 4 rings (SSSR count). The first kappa shape index (κ1) is 18.7. The minimum atomic E-state index is -0.563. The molecule has 0 radical (unpaired) electrons. The van der Waals surface area contributed by atoms with E-state index in [1.54, 1.807) is 6.07 Å². The Morgan fingerprint density at radius 2 is 1.86 bits per heavy atom. The highest BCUT2D eigenvalue weighted by atomic mass is 32.1. The number of benzene rings is 1. The highest BCUT2D eigenvalue weighted by Crippen LogP contribution is 2.21. The first-order valence-electron chi connectivity index (χ1n) is 9.90. The lowest BCUT2D eigenvalue weighted by Crippen LogP contribution is -2.49. The second-order valence-electron chi connectivity index (χ2n) is 7.31. The van der Waals surface area contributed by atoms with Crippen LogP contribution in [0.4, 0.5) is 0 Å². The molecule has 2 N–H and O–H groups in total. The summed E-state index contributed by atoms with van der Waals surface area (Å²) in [6.45, 7) is 1.55. The van der Waals surface area contributed by atoms with Gasteiger partial charge in [0.15, 0.2) is 0 Å². The monoisotopic (exact) mass is 395 g/mol. The Kier molecular flexibility index (Phi) is 5.76. The molecule has 0 unspecified atom stereocenters. The number of carbonyl (C=O) groups is 2. The van der Waals surface area contributed by atoms with Crippen LogP contribution in [0.25, 0.3) is 10.9 Å². The molecule has 1 aliphatic heterocycles. The van der Waals surface area contributed by atoms with Crippen LogP contribution < -0.4 is 5.32 Å². The molecule has 0 spiro atoms. The summed E-state index contributed by atoms with van der Waals surface area (Å²) in [6.07, 6.45) is 6.83. The lowest BCUT2D eigenvalue weighted by Gasteiger charge is -2.26. The summed E-state index contributed by atoms with van der Waals surface area (Å²) >= 11 is 1.39. The standard InChI is InChI=1S/C22H25N3O2S/c26-21(20-10-7-13-28-20)24-19(22(27)25-11-5-1-2-6-12-25)14-16-15-23-18-9-4-3-8-17(16)18/h3-4,7-10,13,15,19,23H,1-2,5-6,11-12,14H2,(H,24,26)/t19-/m0/s1. The number of hydrogen-bond donors (Lipinski definition) is 2. The van der Waals surface area contributed by atoms with Crippen molar-refractivity contribution in [1.29, 1.82) is 0 Å². The van der Waals surface area contributed by atoms with Crippen molar-refractivity contribution >= 4 is 34.1 Å². The Balaban J connectivity index is 1.58. The van der Waals surface area contributed by atoms with Crippen molar-refractivity contribution in [3.05, 3.63) is 58.4 Å². The number of nitrogens with one attached hydrogen (secondary N) is 2. The van der Waals surface area contributed by atoms with E-state index in [9.17, 15) is 9.59 Å². The topological polar surface area (TPSA) is 65.2 Å². The Hall–Kier alpha value is -2.60. The van der Waals surface area contributed by atoms with E-state index >= 15 is 0 Å². The fourth-order valence-electron chi connectivity index (χ4n) is 3.87. The van der Waals surface area contributed by atoms with Crippen molar-refractivity contribution in [3.8, 4) is 0 Å². The van der Waals surface area contributed by atoms with Gasteiger partial charge in [0, 0.05) is 36.6 Å². The van der Waals surface area contributed by atoms with E-state index in [4.69, 9.17) is 0 Å². The number of thiophene rings is 1. The van der Waals surface area contributed by atoms with Crippen LogP contribution in [-0.2, 0) is 11.2 Å². The van der Waals surface area contributed by atoms with Crippen molar-refractivity contribution < 1.29 is 9.59 Å². The van der Waals surface area contributed by atoms with Crippen molar-refractivity contribution in [2.75, 3.05) is 13.1 Å². The minimum Gasteiger partial charge on any atom is -0.361 e. The number of amides is 2. The first-order valence-corrected chi connectivity index (χ1v) is 10.8. The highest BCUT2D eigenvalue weighted by molar-refractivity contribution is 7.12. The smallest absolute Gasteiger partial charge is 0.262 e. The second kappa shape index (κ2) is 8.61. The van der Waals surface area contributed by atoms with Crippen LogP contribution in [0.5, 0.6) is 0 Å². The molecule has 1 fully saturated rings. The zero-order valence-corrected chi connectivity index (χ0v) is 16.6. The third-order valence-corrected chi connectivity index (χ3v) is 6.23. The molecule has 28 heavy (non-hydrogen) atoms. The highest BCUT2D eigenvalue weighted by Gasteiger charge is 2.28. The third-order valence-electron chi connectivity index (χ3n) is 5.37. The molecule has 5 nitrogen and oxygen atoms in total. The molecule has 2 aromatic heterocycles. The van der Waals surface area contributed by atoms with Crippen LogP contribution in [0.15, 0.2) is 48.0 Å². The van der Waals surface area contributed by atoms with Crippen molar-refractivity contribution in [1.82, 2.24) is 15.2 Å². The average molecular weight is 396 g/mol. The molecule has 0 saturated carbocycles. The molecular formula is C22H25N3O2S. The van der Waals surface area contributed by atoms with Crippen LogP contribution in [0.1, 0.15) is 40.9 Å². The SMILES string of the molecule is O=C(N[C@@H](Cc1c[nH]c2ccccc12)C(=O)N1CCCCCC1)c1cccs1. The lowest BCUT2D eigenvalue weighted by atomic mass is 10.0. The van der Waals surface area contributed by atoms with Gasteiger partial charge in [-0.3, -0.25) is 9.59 Å². The van der Waals surface area contributed by atoms with Crippen LogP contribution in [0.2, 0.25) is 0 Å². The van der Waals surface area contributed by atoms with Gasteiger partial charge in [-0.1, -0.05) is 37.1 Å². The van der Waals surface area contributed by atoms with Gasteiger partial charge in [0.25, 0.3) is 5.91 Å². The number of hydrogen-bond acceptors (Lipinski definition) is 3. The molecule has 1 atom stereocenters. The van der Waals surface area contributed by atoms with E-state index in [1.807, 2.05) is 40.7 Å².